The molecule has 0 bridgehead atoms. The van der Waals surface area contributed by atoms with Gasteiger partial charge < -0.3 is 9.72 Å². The number of hydrogen-bond donors (Lipinski definition) is 1. The van der Waals surface area contributed by atoms with Gasteiger partial charge in [-0.2, -0.15) is 0 Å². The Morgan fingerprint density at radius 2 is 2.43 bits per heavy atom. The smallest absolute Gasteiger partial charge is 0.167 e. The molecule has 1 aromatic heterocycles. The van der Waals surface area contributed by atoms with Crippen molar-refractivity contribution in [3.8, 4) is 0 Å². The van der Waals surface area contributed by atoms with Crippen molar-refractivity contribution in [2.75, 3.05) is 7.11 Å². The number of ketones is 1. The molecule has 1 N–H and O–H groups in total. The van der Waals surface area contributed by atoms with Crippen LogP contribution in [0.4, 0.5) is 0 Å². The molecule has 0 aromatic carbocycles. The van der Waals surface area contributed by atoms with Crippen LogP contribution in [0.15, 0.2) is 18.5 Å². The molecule has 0 aliphatic heterocycles. The number of carbonyl (C=O) groups is 1. The Kier molecular flexibility index (Phi) is 2.42. The third-order valence-electron chi connectivity index (χ3n) is 3.10. The van der Waals surface area contributed by atoms with E-state index in [4.69, 9.17) is 4.74 Å². The lowest BCUT2D eigenvalue weighted by Gasteiger charge is -2.39. The van der Waals surface area contributed by atoms with Gasteiger partial charge in [0.15, 0.2) is 5.78 Å². The maximum atomic E-state index is 11.8. The van der Waals surface area contributed by atoms with Crippen molar-refractivity contribution in [2.24, 2.45) is 0 Å². The summed E-state index contributed by atoms with van der Waals surface area (Å²) >= 11 is 0. The van der Waals surface area contributed by atoms with Gasteiger partial charge in [-0.05, 0) is 25.3 Å². The molecule has 0 spiro atoms. The molecule has 3 nitrogen and oxygen atoms in total. The fourth-order valence-corrected chi connectivity index (χ4v) is 1.92. The second-order valence-corrected chi connectivity index (χ2v) is 3.94. The van der Waals surface area contributed by atoms with E-state index in [1.165, 1.54) is 6.42 Å². The first-order chi connectivity index (χ1) is 6.76. The summed E-state index contributed by atoms with van der Waals surface area (Å²) in [6, 6.07) is 1.81. The first kappa shape index (κ1) is 9.46. The van der Waals surface area contributed by atoms with Crippen molar-refractivity contribution in [1.82, 2.24) is 4.98 Å². The number of carbonyl (C=O) groups excluding carboxylic acids is 1. The lowest BCUT2D eigenvalue weighted by atomic mass is 9.76. The number of hydrogen-bond acceptors (Lipinski definition) is 2. The molecule has 0 unspecified atom stereocenters. The van der Waals surface area contributed by atoms with Crippen LogP contribution in [-0.2, 0) is 4.74 Å². The molecule has 2 rings (SSSR count). The number of aromatic nitrogens is 1. The predicted octanol–water partition coefficient (Wildman–Crippen LogP) is 2.16. The molecule has 0 atom stereocenters. The Bertz CT molecular complexity index is 307. The standard InChI is InChI=1S/C11H15NO2/c1-14-11(4-2-5-11)7-10(13)9-3-6-12-8-9/h3,6,8,12H,2,4-5,7H2,1H3. The van der Waals surface area contributed by atoms with Crippen LogP contribution in [0.25, 0.3) is 0 Å². The van der Waals surface area contributed by atoms with Gasteiger partial charge in [0.1, 0.15) is 0 Å². The third-order valence-corrected chi connectivity index (χ3v) is 3.10. The zero-order valence-corrected chi connectivity index (χ0v) is 8.38. The highest BCUT2D eigenvalue weighted by atomic mass is 16.5. The summed E-state index contributed by atoms with van der Waals surface area (Å²) in [6.45, 7) is 0. The van der Waals surface area contributed by atoms with Crippen LogP contribution in [-0.4, -0.2) is 23.5 Å². The molecule has 14 heavy (non-hydrogen) atoms. The quantitative estimate of drug-likeness (QED) is 0.744. The summed E-state index contributed by atoms with van der Waals surface area (Å²) < 4.78 is 5.41. The van der Waals surface area contributed by atoms with Gasteiger partial charge in [0.05, 0.1) is 5.60 Å². The number of Topliss-reactive ketones (excluding diaryl/α,β-unsaturated/α-hetero) is 1. The minimum Gasteiger partial charge on any atom is -0.378 e. The van der Waals surface area contributed by atoms with E-state index in [0.29, 0.717) is 6.42 Å². The molecule has 1 heterocycles. The van der Waals surface area contributed by atoms with Crippen LogP contribution in [0.3, 0.4) is 0 Å². The van der Waals surface area contributed by atoms with E-state index in [2.05, 4.69) is 4.98 Å². The van der Waals surface area contributed by atoms with Gasteiger partial charge in [-0.1, -0.05) is 0 Å². The highest BCUT2D eigenvalue weighted by Gasteiger charge is 2.39. The number of rotatable bonds is 4. The Hall–Kier alpha value is -1.09. The van der Waals surface area contributed by atoms with Crippen LogP contribution in [0.5, 0.6) is 0 Å². The fraction of sp³-hybridized carbons (Fsp3) is 0.545. The summed E-state index contributed by atoms with van der Waals surface area (Å²) in [5.74, 6) is 0.174. The first-order valence-electron chi connectivity index (χ1n) is 4.97. The van der Waals surface area contributed by atoms with Crippen molar-refractivity contribution in [3.05, 3.63) is 24.0 Å². The Morgan fingerprint density at radius 3 is 2.86 bits per heavy atom. The number of ether oxygens (including phenoxy) is 1. The number of aromatic amines is 1. The van der Waals surface area contributed by atoms with Crippen molar-refractivity contribution in [3.63, 3.8) is 0 Å². The van der Waals surface area contributed by atoms with Gasteiger partial charge in [0, 0.05) is 31.5 Å². The summed E-state index contributed by atoms with van der Waals surface area (Å²) in [6.07, 6.45) is 7.23. The molecule has 1 aliphatic carbocycles. The molecular formula is C11H15NO2. The monoisotopic (exact) mass is 193 g/mol. The largest absolute Gasteiger partial charge is 0.378 e. The predicted molar refractivity (Wildman–Crippen MR) is 53.3 cm³/mol. The van der Waals surface area contributed by atoms with Crippen molar-refractivity contribution < 1.29 is 9.53 Å². The van der Waals surface area contributed by atoms with Gasteiger partial charge in [-0.25, -0.2) is 0 Å². The molecule has 3 heteroatoms. The molecule has 1 aliphatic rings. The van der Waals surface area contributed by atoms with Crippen molar-refractivity contribution >= 4 is 5.78 Å². The van der Waals surface area contributed by atoms with E-state index < -0.39 is 0 Å². The van der Waals surface area contributed by atoms with E-state index >= 15 is 0 Å². The van der Waals surface area contributed by atoms with Gasteiger partial charge in [-0.15, -0.1) is 0 Å². The van der Waals surface area contributed by atoms with Crippen LogP contribution >= 0.6 is 0 Å². The highest BCUT2D eigenvalue weighted by molar-refractivity contribution is 5.96. The molecule has 76 valence electrons. The molecule has 1 fully saturated rings. The molecule has 1 aromatic rings. The first-order valence-corrected chi connectivity index (χ1v) is 4.97. The van der Waals surface area contributed by atoms with E-state index in [-0.39, 0.29) is 11.4 Å². The Balaban J connectivity index is 2.01. The van der Waals surface area contributed by atoms with Crippen LogP contribution in [0.2, 0.25) is 0 Å². The van der Waals surface area contributed by atoms with E-state index in [0.717, 1.165) is 18.4 Å². The molecule has 1 saturated carbocycles. The average Bonchev–Trinajstić information content (AvgIpc) is 2.63. The normalized spacial score (nSPS) is 18.9. The molecule has 0 saturated heterocycles. The molecule has 0 amide bonds. The zero-order chi connectivity index (χ0) is 10.0. The molecule has 0 radical (unpaired) electrons. The SMILES string of the molecule is COC1(CC(=O)c2cc[nH]c2)CCC1. The van der Waals surface area contributed by atoms with Gasteiger partial charge in [0.2, 0.25) is 0 Å². The average molecular weight is 193 g/mol. The van der Waals surface area contributed by atoms with Crippen molar-refractivity contribution in [2.45, 2.75) is 31.3 Å². The number of methoxy groups -OCH3 is 1. The maximum Gasteiger partial charge on any atom is 0.167 e. The minimum absolute atomic E-state index is 0.158. The van der Waals surface area contributed by atoms with E-state index in [1.807, 2.05) is 6.07 Å². The number of H-pyrrole nitrogens is 1. The van der Waals surface area contributed by atoms with Gasteiger partial charge in [0.25, 0.3) is 0 Å². The Labute approximate surface area is 83.5 Å². The fourth-order valence-electron chi connectivity index (χ4n) is 1.92. The zero-order valence-electron chi connectivity index (χ0n) is 8.38. The second-order valence-electron chi connectivity index (χ2n) is 3.94. The van der Waals surface area contributed by atoms with Crippen LogP contribution in [0.1, 0.15) is 36.0 Å². The number of nitrogens with one attached hydrogen (secondary N) is 1. The second kappa shape index (κ2) is 3.58. The summed E-state index contributed by atoms with van der Waals surface area (Å²) in [4.78, 5) is 14.7. The lowest BCUT2D eigenvalue weighted by Crippen LogP contribution is -2.41. The Morgan fingerprint density at radius 1 is 1.64 bits per heavy atom. The highest BCUT2D eigenvalue weighted by Crippen LogP contribution is 2.38. The van der Waals surface area contributed by atoms with Crippen LogP contribution < -0.4 is 0 Å². The van der Waals surface area contributed by atoms with Crippen molar-refractivity contribution in [1.29, 1.82) is 0 Å². The maximum absolute atomic E-state index is 11.8. The van der Waals surface area contributed by atoms with E-state index in [9.17, 15) is 4.79 Å². The molecular weight excluding hydrogens is 178 g/mol. The lowest BCUT2D eigenvalue weighted by molar-refractivity contribution is -0.0704. The van der Waals surface area contributed by atoms with Crippen LogP contribution in [0, 0.1) is 0 Å². The summed E-state index contributed by atoms with van der Waals surface area (Å²) in [7, 11) is 1.70. The third kappa shape index (κ3) is 1.60. The summed E-state index contributed by atoms with van der Waals surface area (Å²) in [5, 5.41) is 0. The van der Waals surface area contributed by atoms with Gasteiger partial charge in [-0.3, -0.25) is 4.79 Å². The minimum atomic E-state index is -0.158. The summed E-state index contributed by atoms with van der Waals surface area (Å²) in [5.41, 5.74) is 0.599. The topological polar surface area (TPSA) is 42.1 Å². The van der Waals surface area contributed by atoms with Gasteiger partial charge >= 0.3 is 0 Å². The van der Waals surface area contributed by atoms with E-state index in [1.54, 1.807) is 19.5 Å².